The van der Waals surface area contributed by atoms with Gasteiger partial charge >= 0.3 is 5.97 Å². The summed E-state index contributed by atoms with van der Waals surface area (Å²) in [6.07, 6.45) is 0. The van der Waals surface area contributed by atoms with Crippen molar-refractivity contribution in [1.82, 2.24) is 5.32 Å². The number of aliphatic carboxylic acids is 1. The summed E-state index contributed by atoms with van der Waals surface area (Å²) in [5.74, 6) is -0.902. The predicted molar refractivity (Wildman–Crippen MR) is 36.8 cm³/mol. The van der Waals surface area contributed by atoms with Gasteiger partial charge in [0.05, 0.1) is 6.61 Å². The lowest BCUT2D eigenvalue weighted by Crippen LogP contribution is -2.41. The third kappa shape index (κ3) is 3.42. The first kappa shape index (κ1) is 9.39. The minimum Gasteiger partial charge on any atom is -0.480 e. The lowest BCUT2D eigenvalue weighted by molar-refractivity contribution is -0.139. The Kier molecular flexibility index (Phi) is 3.99. The zero-order valence-corrected chi connectivity index (χ0v) is 6.16. The van der Waals surface area contributed by atoms with Crippen LogP contribution in [0.1, 0.15) is 13.8 Å². The maximum atomic E-state index is 10.2. The molecule has 0 aromatic rings. The van der Waals surface area contributed by atoms with E-state index in [4.69, 9.17) is 10.2 Å². The van der Waals surface area contributed by atoms with Crippen LogP contribution in [0.25, 0.3) is 0 Å². The number of carbonyl (C=O) groups is 1. The van der Waals surface area contributed by atoms with Gasteiger partial charge in [-0.15, -0.1) is 0 Å². The first-order valence-corrected chi connectivity index (χ1v) is 3.17. The molecule has 4 nitrogen and oxygen atoms in total. The molecule has 0 rings (SSSR count). The predicted octanol–water partition coefficient (Wildman–Crippen LogP) is -0.570. The summed E-state index contributed by atoms with van der Waals surface area (Å²) in [5, 5.41) is 19.6. The minimum absolute atomic E-state index is 0.0440. The third-order valence-electron chi connectivity index (χ3n) is 1.18. The molecule has 4 heteroatoms. The largest absolute Gasteiger partial charge is 0.480 e. The first-order chi connectivity index (χ1) is 4.57. The van der Waals surface area contributed by atoms with Crippen LogP contribution in [0.15, 0.2) is 0 Å². The molecule has 0 amide bonds. The topological polar surface area (TPSA) is 69.6 Å². The van der Waals surface area contributed by atoms with Gasteiger partial charge in [-0.25, -0.2) is 0 Å². The van der Waals surface area contributed by atoms with E-state index >= 15 is 0 Å². The molecule has 0 fully saturated rings. The van der Waals surface area contributed by atoms with Gasteiger partial charge < -0.3 is 10.2 Å². The van der Waals surface area contributed by atoms with Crippen LogP contribution in [-0.4, -0.2) is 34.9 Å². The second-order valence-corrected chi connectivity index (χ2v) is 2.31. The van der Waals surface area contributed by atoms with Gasteiger partial charge in [0.2, 0.25) is 0 Å². The lowest BCUT2D eigenvalue weighted by atomic mass is 10.3. The van der Waals surface area contributed by atoms with E-state index in [-0.39, 0.29) is 12.6 Å². The number of hydrogen-bond acceptors (Lipinski definition) is 3. The van der Waals surface area contributed by atoms with Crippen LogP contribution in [0.5, 0.6) is 0 Å². The summed E-state index contributed by atoms with van der Waals surface area (Å²) in [6.45, 7) is 3.21. The molecular weight excluding hydrogens is 134 g/mol. The van der Waals surface area contributed by atoms with Crippen molar-refractivity contribution in [3.63, 3.8) is 0 Å². The molecule has 0 heterocycles. The fraction of sp³-hybridized carbons (Fsp3) is 0.833. The van der Waals surface area contributed by atoms with Gasteiger partial charge in [0.25, 0.3) is 0 Å². The van der Waals surface area contributed by atoms with Crippen LogP contribution >= 0.6 is 0 Å². The van der Waals surface area contributed by atoms with Crippen LogP contribution in [-0.2, 0) is 4.79 Å². The number of carboxylic acids is 1. The Morgan fingerprint density at radius 2 is 2.10 bits per heavy atom. The van der Waals surface area contributed by atoms with Gasteiger partial charge in [-0.1, -0.05) is 0 Å². The number of aliphatic hydroxyl groups excluding tert-OH is 1. The number of carboxylic acid groups (broad SMARTS) is 1. The molecule has 0 saturated heterocycles. The summed E-state index contributed by atoms with van der Waals surface area (Å²) in [5.41, 5.74) is 0. The van der Waals surface area contributed by atoms with Crippen LogP contribution in [0, 0.1) is 0 Å². The molecule has 10 heavy (non-hydrogen) atoms. The highest BCUT2D eigenvalue weighted by atomic mass is 16.4. The highest BCUT2D eigenvalue weighted by Gasteiger charge is 2.11. The number of nitrogens with one attached hydrogen (secondary N) is 1. The van der Waals surface area contributed by atoms with E-state index in [1.807, 2.05) is 0 Å². The quantitative estimate of drug-likeness (QED) is 0.498. The average molecular weight is 147 g/mol. The van der Waals surface area contributed by atoms with Crippen molar-refractivity contribution in [2.45, 2.75) is 25.9 Å². The zero-order valence-electron chi connectivity index (χ0n) is 6.16. The molecule has 0 spiro atoms. The molecule has 0 aliphatic heterocycles. The Morgan fingerprint density at radius 1 is 1.60 bits per heavy atom. The van der Waals surface area contributed by atoms with E-state index in [9.17, 15) is 4.79 Å². The van der Waals surface area contributed by atoms with Gasteiger partial charge in [-0.05, 0) is 13.8 Å². The van der Waals surface area contributed by atoms with Gasteiger partial charge in [-0.2, -0.15) is 0 Å². The van der Waals surface area contributed by atoms with Gasteiger partial charge in [-0.3, -0.25) is 10.1 Å². The molecule has 0 aliphatic carbocycles. The molecule has 0 aromatic heterocycles. The van der Waals surface area contributed by atoms with Crippen LogP contribution in [0.4, 0.5) is 0 Å². The lowest BCUT2D eigenvalue weighted by Gasteiger charge is -2.13. The van der Waals surface area contributed by atoms with Crippen molar-refractivity contribution >= 4 is 5.97 Å². The summed E-state index contributed by atoms with van der Waals surface area (Å²) < 4.78 is 0. The summed E-state index contributed by atoms with van der Waals surface area (Å²) in [4.78, 5) is 10.2. The number of hydrogen-bond donors (Lipinski definition) is 3. The Bertz CT molecular complexity index is 116. The van der Waals surface area contributed by atoms with Crippen LogP contribution in [0.3, 0.4) is 0 Å². The molecule has 0 radical (unpaired) electrons. The van der Waals surface area contributed by atoms with Crippen LogP contribution in [0.2, 0.25) is 0 Å². The number of aliphatic hydroxyl groups is 1. The van der Waals surface area contributed by atoms with Gasteiger partial charge in [0.1, 0.15) is 6.04 Å². The summed E-state index contributed by atoms with van der Waals surface area (Å²) >= 11 is 0. The Balaban J connectivity index is 3.56. The molecule has 0 aromatic carbocycles. The van der Waals surface area contributed by atoms with Gasteiger partial charge in [0, 0.05) is 6.04 Å². The molecule has 3 N–H and O–H groups in total. The molecule has 0 aliphatic rings. The van der Waals surface area contributed by atoms with Crippen molar-refractivity contribution in [1.29, 1.82) is 0 Å². The summed E-state index contributed by atoms with van der Waals surface area (Å²) in [7, 11) is 0. The van der Waals surface area contributed by atoms with E-state index in [2.05, 4.69) is 5.32 Å². The van der Waals surface area contributed by atoms with E-state index in [0.29, 0.717) is 0 Å². The molecular formula is C6H13NO3. The van der Waals surface area contributed by atoms with E-state index in [1.165, 1.54) is 6.92 Å². The van der Waals surface area contributed by atoms with Crippen molar-refractivity contribution in [3.8, 4) is 0 Å². The van der Waals surface area contributed by atoms with Crippen LogP contribution < -0.4 is 5.32 Å². The fourth-order valence-corrected chi connectivity index (χ4v) is 0.551. The molecule has 2 unspecified atom stereocenters. The van der Waals surface area contributed by atoms with E-state index < -0.39 is 12.0 Å². The monoisotopic (exact) mass is 147 g/mol. The smallest absolute Gasteiger partial charge is 0.320 e. The SMILES string of the molecule is CC(CO)NC(C)C(=O)O. The van der Waals surface area contributed by atoms with E-state index in [0.717, 1.165) is 0 Å². The highest BCUT2D eigenvalue weighted by molar-refractivity contribution is 5.72. The Morgan fingerprint density at radius 3 is 2.40 bits per heavy atom. The maximum Gasteiger partial charge on any atom is 0.320 e. The Hall–Kier alpha value is -0.610. The normalized spacial score (nSPS) is 16.3. The highest BCUT2D eigenvalue weighted by Crippen LogP contribution is 1.85. The van der Waals surface area contributed by atoms with Crippen molar-refractivity contribution in [2.24, 2.45) is 0 Å². The zero-order chi connectivity index (χ0) is 8.15. The summed E-state index contributed by atoms with van der Waals surface area (Å²) in [6, 6.07) is -0.756. The molecule has 60 valence electrons. The number of rotatable bonds is 4. The standard InChI is InChI=1S/C6H13NO3/c1-4(3-8)7-5(2)6(9)10/h4-5,7-8H,3H2,1-2H3,(H,9,10). The third-order valence-corrected chi connectivity index (χ3v) is 1.18. The molecule has 2 atom stereocenters. The Labute approximate surface area is 59.9 Å². The average Bonchev–Trinajstić information content (AvgIpc) is 1.87. The van der Waals surface area contributed by atoms with E-state index in [1.54, 1.807) is 6.92 Å². The minimum atomic E-state index is -0.902. The molecule has 0 bridgehead atoms. The van der Waals surface area contributed by atoms with Gasteiger partial charge in [0.15, 0.2) is 0 Å². The maximum absolute atomic E-state index is 10.2. The fourth-order valence-electron chi connectivity index (χ4n) is 0.551. The second kappa shape index (κ2) is 4.24. The van der Waals surface area contributed by atoms with Crippen molar-refractivity contribution < 1.29 is 15.0 Å². The second-order valence-electron chi connectivity index (χ2n) is 2.31. The first-order valence-electron chi connectivity index (χ1n) is 3.17. The molecule has 0 saturated carbocycles. The van der Waals surface area contributed by atoms with Crippen molar-refractivity contribution in [3.05, 3.63) is 0 Å². The van der Waals surface area contributed by atoms with Crippen molar-refractivity contribution in [2.75, 3.05) is 6.61 Å².